The van der Waals surface area contributed by atoms with Crippen LogP contribution in [0.4, 0.5) is 15.8 Å². The zero-order valence-corrected chi connectivity index (χ0v) is 16.2. The summed E-state index contributed by atoms with van der Waals surface area (Å²) in [5, 5.41) is 17.2. The van der Waals surface area contributed by atoms with Gasteiger partial charge < -0.3 is 5.32 Å². The molecule has 27 heavy (non-hydrogen) atoms. The van der Waals surface area contributed by atoms with Crippen LogP contribution >= 0.6 is 46.8 Å². The van der Waals surface area contributed by atoms with E-state index in [0.717, 1.165) is 28.2 Å². The molecule has 0 saturated carbocycles. The molecule has 0 saturated heterocycles. The third-order valence-electron chi connectivity index (χ3n) is 3.43. The third kappa shape index (κ3) is 4.16. The fraction of sp³-hybridized carbons (Fsp3) is 0. The number of nitrogens with zero attached hydrogens (tertiary/aromatic N) is 1. The molecule has 0 unspecified atom stereocenters. The lowest BCUT2D eigenvalue weighted by Crippen LogP contribution is -2.33. The molecule has 0 aliphatic carbocycles. The second kappa shape index (κ2) is 7.73. The van der Waals surface area contributed by atoms with Crippen LogP contribution in [0.15, 0.2) is 36.4 Å². The maximum atomic E-state index is 13.4. The highest BCUT2D eigenvalue weighted by Crippen LogP contribution is 2.36. The number of nitrogens with one attached hydrogen (secondary N) is 2. The largest absolute Gasteiger partial charge is 0.332 e. The Balaban J connectivity index is 1.77. The number of carbonyl (C=O) groups excluding carboxylic acids is 1. The van der Waals surface area contributed by atoms with Crippen molar-refractivity contribution in [3.63, 3.8) is 0 Å². The number of benzene rings is 2. The van der Waals surface area contributed by atoms with Crippen LogP contribution in [-0.4, -0.2) is 15.9 Å². The van der Waals surface area contributed by atoms with E-state index in [9.17, 15) is 19.3 Å². The number of hydrogen-bond acceptors (Lipinski definition) is 5. The average Bonchev–Trinajstić information content (AvgIpc) is 2.92. The second-order valence-electron chi connectivity index (χ2n) is 5.22. The molecule has 0 aliphatic rings. The van der Waals surface area contributed by atoms with Crippen molar-refractivity contribution in [2.24, 2.45) is 0 Å². The van der Waals surface area contributed by atoms with E-state index in [1.165, 1.54) is 6.07 Å². The Hall–Kier alpha value is -2.33. The van der Waals surface area contributed by atoms with E-state index in [-0.39, 0.29) is 20.7 Å². The van der Waals surface area contributed by atoms with Crippen LogP contribution in [0.25, 0.3) is 10.1 Å². The molecule has 6 nitrogen and oxygen atoms in total. The van der Waals surface area contributed by atoms with Crippen molar-refractivity contribution in [1.82, 2.24) is 5.32 Å². The van der Waals surface area contributed by atoms with E-state index in [4.69, 9.17) is 35.4 Å². The van der Waals surface area contributed by atoms with E-state index in [1.54, 1.807) is 18.2 Å². The minimum Gasteiger partial charge on any atom is -0.332 e. The predicted octanol–water partition coefficient (Wildman–Crippen LogP) is 5.38. The maximum absolute atomic E-state index is 13.4. The van der Waals surface area contributed by atoms with Crippen LogP contribution in [-0.2, 0) is 0 Å². The highest BCUT2D eigenvalue weighted by molar-refractivity contribution is 7.80. The third-order valence-corrected chi connectivity index (χ3v) is 5.52. The zero-order chi connectivity index (χ0) is 19.7. The molecule has 0 atom stereocenters. The number of halogens is 3. The summed E-state index contributed by atoms with van der Waals surface area (Å²) in [6.45, 7) is 0. The zero-order valence-electron chi connectivity index (χ0n) is 13.1. The lowest BCUT2D eigenvalue weighted by atomic mass is 10.2. The lowest BCUT2D eigenvalue weighted by molar-refractivity contribution is -0.387. The number of anilines is 1. The van der Waals surface area contributed by atoms with Crippen LogP contribution < -0.4 is 10.6 Å². The Morgan fingerprint density at radius 2 is 1.96 bits per heavy atom. The standard InChI is InChI=1S/C16H8Cl2FN3O3S2/c17-7-1-3-9-12(5-7)27-14(13(9)18)15(23)21-16(26)20-8-2-4-10(19)11(6-8)22(24)25/h1-6H,(H2,20,21,23,26). The van der Waals surface area contributed by atoms with Crippen molar-refractivity contribution in [2.45, 2.75) is 0 Å². The maximum Gasteiger partial charge on any atom is 0.306 e. The summed E-state index contributed by atoms with van der Waals surface area (Å²) in [4.78, 5) is 22.6. The summed E-state index contributed by atoms with van der Waals surface area (Å²) in [5.41, 5.74) is -0.554. The topological polar surface area (TPSA) is 84.3 Å². The Morgan fingerprint density at radius 3 is 2.67 bits per heavy atom. The van der Waals surface area contributed by atoms with Gasteiger partial charge in [-0.1, -0.05) is 29.3 Å². The van der Waals surface area contributed by atoms with Crippen LogP contribution in [0.1, 0.15) is 9.67 Å². The first-order valence-electron chi connectivity index (χ1n) is 7.20. The van der Waals surface area contributed by atoms with Crippen molar-refractivity contribution >= 4 is 79.2 Å². The van der Waals surface area contributed by atoms with Crippen molar-refractivity contribution in [2.75, 3.05) is 5.32 Å². The Morgan fingerprint density at radius 1 is 1.22 bits per heavy atom. The first-order chi connectivity index (χ1) is 12.8. The normalized spacial score (nSPS) is 10.6. The van der Waals surface area contributed by atoms with Gasteiger partial charge in [0, 0.05) is 26.9 Å². The number of nitro benzene ring substituents is 1. The fourth-order valence-corrected chi connectivity index (χ4v) is 4.14. The molecule has 0 aliphatic heterocycles. The number of amides is 1. The van der Waals surface area contributed by atoms with Crippen molar-refractivity contribution in [1.29, 1.82) is 0 Å². The Bertz CT molecular complexity index is 1100. The number of fused-ring (bicyclic) bond motifs is 1. The Labute approximate surface area is 171 Å². The first-order valence-corrected chi connectivity index (χ1v) is 9.18. The van der Waals surface area contributed by atoms with E-state index in [1.807, 2.05) is 0 Å². The summed E-state index contributed by atoms with van der Waals surface area (Å²) in [6, 6.07) is 8.23. The molecule has 2 N–H and O–H groups in total. The summed E-state index contributed by atoms with van der Waals surface area (Å²) < 4.78 is 14.1. The van der Waals surface area contributed by atoms with Gasteiger partial charge in [0.25, 0.3) is 5.91 Å². The van der Waals surface area contributed by atoms with Gasteiger partial charge in [-0.2, -0.15) is 4.39 Å². The van der Waals surface area contributed by atoms with Crippen LogP contribution in [0.3, 0.4) is 0 Å². The van der Waals surface area contributed by atoms with E-state index in [0.29, 0.717) is 10.4 Å². The van der Waals surface area contributed by atoms with Gasteiger partial charge in [-0.15, -0.1) is 11.3 Å². The fourth-order valence-electron chi connectivity index (χ4n) is 2.24. The molecule has 1 heterocycles. The molecule has 11 heteroatoms. The summed E-state index contributed by atoms with van der Waals surface area (Å²) in [6.07, 6.45) is 0. The van der Waals surface area contributed by atoms with Gasteiger partial charge in [-0.3, -0.25) is 20.2 Å². The molecular weight excluding hydrogens is 436 g/mol. The number of thiocarbonyl (C=S) groups is 1. The van der Waals surface area contributed by atoms with Gasteiger partial charge >= 0.3 is 5.69 Å². The second-order valence-corrected chi connectivity index (χ2v) is 7.49. The molecule has 0 spiro atoms. The van der Waals surface area contributed by atoms with Crippen LogP contribution in [0, 0.1) is 15.9 Å². The quantitative estimate of drug-likeness (QED) is 0.322. The van der Waals surface area contributed by atoms with Gasteiger partial charge in [0.2, 0.25) is 5.82 Å². The molecule has 3 aromatic rings. The molecule has 1 amide bonds. The number of thiophene rings is 1. The summed E-state index contributed by atoms with van der Waals surface area (Å²) in [5.74, 6) is -1.53. The van der Waals surface area contributed by atoms with Crippen molar-refractivity contribution < 1.29 is 14.1 Å². The number of rotatable bonds is 3. The first kappa shape index (κ1) is 19.4. The minimum atomic E-state index is -0.976. The molecule has 138 valence electrons. The molecule has 0 fully saturated rings. The van der Waals surface area contributed by atoms with Gasteiger partial charge in [-0.05, 0) is 36.5 Å². The van der Waals surface area contributed by atoms with Gasteiger partial charge in [0.1, 0.15) is 4.88 Å². The van der Waals surface area contributed by atoms with Gasteiger partial charge in [-0.25, -0.2) is 0 Å². The van der Waals surface area contributed by atoms with Gasteiger partial charge in [0.05, 0.1) is 9.95 Å². The van der Waals surface area contributed by atoms with Crippen molar-refractivity contribution in [3.8, 4) is 0 Å². The molecule has 2 aromatic carbocycles. The highest BCUT2D eigenvalue weighted by atomic mass is 35.5. The molecule has 0 bridgehead atoms. The number of hydrogen-bond donors (Lipinski definition) is 2. The van der Waals surface area contributed by atoms with Gasteiger partial charge in [0.15, 0.2) is 5.11 Å². The molecular formula is C16H8Cl2FN3O3S2. The van der Waals surface area contributed by atoms with Crippen molar-refractivity contribution in [3.05, 3.63) is 67.3 Å². The summed E-state index contributed by atoms with van der Waals surface area (Å²) >= 11 is 18.4. The lowest BCUT2D eigenvalue weighted by Gasteiger charge is -2.09. The molecule has 3 rings (SSSR count). The predicted molar refractivity (Wildman–Crippen MR) is 109 cm³/mol. The minimum absolute atomic E-state index is 0.118. The van der Waals surface area contributed by atoms with Crippen LogP contribution in [0.5, 0.6) is 0 Å². The monoisotopic (exact) mass is 443 g/mol. The van der Waals surface area contributed by atoms with E-state index < -0.39 is 22.3 Å². The number of nitro groups is 1. The number of carbonyl (C=O) groups is 1. The average molecular weight is 444 g/mol. The smallest absolute Gasteiger partial charge is 0.306 e. The summed E-state index contributed by atoms with van der Waals surface area (Å²) in [7, 11) is 0. The Kier molecular flexibility index (Phi) is 5.56. The molecule has 1 aromatic heterocycles. The highest BCUT2D eigenvalue weighted by Gasteiger charge is 2.19. The van der Waals surface area contributed by atoms with E-state index in [2.05, 4.69) is 10.6 Å². The van der Waals surface area contributed by atoms with E-state index >= 15 is 0 Å². The molecule has 0 radical (unpaired) electrons. The van der Waals surface area contributed by atoms with Crippen LogP contribution in [0.2, 0.25) is 10.0 Å². The SMILES string of the molecule is O=C(NC(=S)Nc1ccc(F)c([N+](=O)[O-])c1)c1sc2cc(Cl)ccc2c1Cl.